The molecule has 1 aromatic rings. The van der Waals surface area contributed by atoms with Crippen molar-refractivity contribution in [3.8, 4) is 0 Å². The van der Waals surface area contributed by atoms with Gasteiger partial charge in [0.05, 0.1) is 18.6 Å². The molecule has 1 atom stereocenters. The molecular weight excluding hydrogens is 298 g/mol. The minimum absolute atomic E-state index is 0.462. The van der Waals surface area contributed by atoms with E-state index in [-0.39, 0.29) is 0 Å². The first-order valence-corrected chi connectivity index (χ1v) is 9.37. The smallest absolute Gasteiger partial charge is 0.0947 e. The van der Waals surface area contributed by atoms with Gasteiger partial charge in [0.1, 0.15) is 0 Å². The van der Waals surface area contributed by atoms with Crippen LogP contribution in [0.1, 0.15) is 24.8 Å². The molecule has 4 rings (SSSR count). The van der Waals surface area contributed by atoms with E-state index < -0.39 is 0 Å². The summed E-state index contributed by atoms with van der Waals surface area (Å²) in [4.78, 5) is 2.51. The van der Waals surface area contributed by atoms with E-state index in [0.29, 0.717) is 16.8 Å². The van der Waals surface area contributed by atoms with Crippen LogP contribution in [0.25, 0.3) is 0 Å². The molecule has 0 aliphatic carbocycles. The molecule has 1 spiro atoms. The summed E-state index contributed by atoms with van der Waals surface area (Å²) in [6, 6.07) is 2.06. The minimum Gasteiger partial charge on any atom is -0.472 e. The molecule has 0 saturated carbocycles. The average molecular weight is 323 g/mol. The van der Waals surface area contributed by atoms with Crippen molar-refractivity contribution < 1.29 is 13.9 Å². The Hall–Kier alpha value is -0.490. The number of thioether (sulfide) groups is 1. The van der Waals surface area contributed by atoms with E-state index in [1.165, 1.54) is 43.7 Å². The summed E-state index contributed by atoms with van der Waals surface area (Å²) in [6.07, 6.45) is 7.64. The Bertz CT molecular complexity index is 466. The molecule has 122 valence electrons. The topological polar surface area (TPSA) is 34.8 Å². The fraction of sp³-hybridized carbons (Fsp3) is 0.765. The molecule has 3 aliphatic heterocycles. The lowest BCUT2D eigenvalue weighted by Crippen LogP contribution is -2.58. The predicted octanol–water partition coefficient (Wildman–Crippen LogP) is 2.78. The lowest BCUT2D eigenvalue weighted by molar-refractivity contribution is -0.0133. The van der Waals surface area contributed by atoms with E-state index in [1.807, 2.05) is 6.26 Å². The number of rotatable bonds is 5. The zero-order valence-electron chi connectivity index (χ0n) is 13.0. The summed E-state index contributed by atoms with van der Waals surface area (Å²) in [5.74, 6) is 1.89. The van der Waals surface area contributed by atoms with Gasteiger partial charge in [-0.1, -0.05) is 0 Å². The maximum Gasteiger partial charge on any atom is 0.0947 e. The first kappa shape index (κ1) is 15.1. The van der Waals surface area contributed by atoms with Gasteiger partial charge in [0.15, 0.2) is 0 Å². The Morgan fingerprint density at radius 2 is 2.18 bits per heavy atom. The molecule has 5 heteroatoms. The lowest BCUT2D eigenvalue weighted by Gasteiger charge is -2.47. The third-order valence-corrected chi connectivity index (χ3v) is 6.67. The Morgan fingerprint density at radius 1 is 1.32 bits per heavy atom. The van der Waals surface area contributed by atoms with Crippen molar-refractivity contribution in [3.05, 3.63) is 24.2 Å². The molecule has 0 N–H and O–H groups in total. The van der Waals surface area contributed by atoms with Crippen LogP contribution in [-0.2, 0) is 16.0 Å². The average Bonchev–Trinajstić information content (AvgIpc) is 3.16. The van der Waals surface area contributed by atoms with Gasteiger partial charge in [0.2, 0.25) is 0 Å². The third-order valence-electron chi connectivity index (χ3n) is 5.09. The fourth-order valence-electron chi connectivity index (χ4n) is 3.84. The van der Waals surface area contributed by atoms with Gasteiger partial charge >= 0.3 is 0 Å². The highest BCUT2D eigenvalue weighted by atomic mass is 32.2. The van der Waals surface area contributed by atoms with Crippen molar-refractivity contribution in [2.45, 2.75) is 36.7 Å². The Morgan fingerprint density at radius 3 is 2.95 bits per heavy atom. The van der Waals surface area contributed by atoms with E-state index in [0.717, 1.165) is 26.4 Å². The van der Waals surface area contributed by atoms with Gasteiger partial charge in [-0.15, -0.1) is 11.8 Å². The van der Waals surface area contributed by atoms with E-state index >= 15 is 0 Å². The molecule has 0 amide bonds. The quantitative estimate of drug-likeness (QED) is 0.832. The maximum absolute atomic E-state index is 6.20. The van der Waals surface area contributed by atoms with E-state index in [4.69, 9.17) is 13.9 Å². The molecule has 4 heterocycles. The summed E-state index contributed by atoms with van der Waals surface area (Å²) in [6.45, 7) is 6.18. The zero-order valence-corrected chi connectivity index (χ0v) is 13.9. The van der Waals surface area contributed by atoms with Gasteiger partial charge in [-0.3, -0.25) is 4.90 Å². The van der Waals surface area contributed by atoms with Gasteiger partial charge in [-0.25, -0.2) is 0 Å². The van der Waals surface area contributed by atoms with Gasteiger partial charge < -0.3 is 13.9 Å². The summed E-state index contributed by atoms with van der Waals surface area (Å²) in [7, 11) is 0. The minimum atomic E-state index is 0.462. The van der Waals surface area contributed by atoms with Crippen molar-refractivity contribution in [1.82, 2.24) is 4.90 Å². The first-order valence-electron chi connectivity index (χ1n) is 8.38. The standard InChI is InChI=1S/C17H25NO3S/c1-4-19-5-2-14(1)10-21-16-7-17(22-11-16)12-18(13-17)8-15-3-6-20-9-15/h3,6,9,14,16H,1-2,4-5,7-8,10-13H2/t16-/m0/s1. The maximum atomic E-state index is 6.20. The molecule has 0 unspecified atom stereocenters. The summed E-state index contributed by atoms with van der Waals surface area (Å²) in [5, 5.41) is 0. The van der Waals surface area contributed by atoms with E-state index in [1.54, 1.807) is 6.26 Å². The van der Waals surface area contributed by atoms with Crippen molar-refractivity contribution in [1.29, 1.82) is 0 Å². The second-order valence-electron chi connectivity index (χ2n) is 6.99. The normalized spacial score (nSPS) is 29.0. The summed E-state index contributed by atoms with van der Waals surface area (Å²) < 4.78 is 17.2. The van der Waals surface area contributed by atoms with Gasteiger partial charge in [-0.05, 0) is 31.2 Å². The highest BCUT2D eigenvalue weighted by Gasteiger charge is 2.49. The van der Waals surface area contributed by atoms with Gasteiger partial charge in [0, 0.05) is 55.5 Å². The van der Waals surface area contributed by atoms with Gasteiger partial charge in [0.25, 0.3) is 0 Å². The molecule has 4 nitrogen and oxygen atoms in total. The molecule has 22 heavy (non-hydrogen) atoms. The zero-order chi connectivity index (χ0) is 14.8. The fourth-order valence-corrected chi connectivity index (χ4v) is 5.44. The summed E-state index contributed by atoms with van der Waals surface area (Å²) >= 11 is 2.13. The van der Waals surface area contributed by atoms with Crippen LogP contribution in [0.5, 0.6) is 0 Å². The van der Waals surface area contributed by atoms with E-state index in [2.05, 4.69) is 22.7 Å². The number of ether oxygens (including phenoxy) is 2. The molecule has 0 radical (unpaired) electrons. The van der Waals surface area contributed by atoms with Crippen molar-refractivity contribution in [2.24, 2.45) is 5.92 Å². The Kier molecular flexibility index (Phi) is 4.49. The second kappa shape index (κ2) is 6.56. The third kappa shape index (κ3) is 3.37. The number of likely N-dealkylation sites (tertiary alicyclic amines) is 1. The molecule has 1 aromatic heterocycles. The highest BCUT2D eigenvalue weighted by molar-refractivity contribution is 8.01. The Labute approximate surface area is 136 Å². The monoisotopic (exact) mass is 323 g/mol. The lowest BCUT2D eigenvalue weighted by atomic mass is 9.92. The van der Waals surface area contributed by atoms with Crippen LogP contribution in [-0.4, -0.2) is 54.4 Å². The van der Waals surface area contributed by atoms with Crippen LogP contribution in [0.15, 0.2) is 23.0 Å². The predicted molar refractivity (Wildman–Crippen MR) is 87.1 cm³/mol. The molecule has 0 bridgehead atoms. The number of hydrogen-bond donors (Lipinski definition) is 0. The van der Waals surface area contributed by atoms with Crippen LogP contribution < -0.4 is 0 Å². The SMILES string of the molecule is c1cc(CN2CC3(C[C@H](OCC4CCOCC4)CS3)C2)co1. The number of furan rings is 1. The van der Waals surface area contributed by atoms with Crippen LogP contribution in [0.4, 0.5) is 0 Å². The summed E-state index contributed by atoms with van der Waals surface area (Å²) in [5.41, 5.74) is 1.28. The van der Waals surface area contributed by atoms with Crippen LogP contribution in [0, 0.1) is 5.92 Å². The number of hydrogen-bond acceptors (Lipinski definition) is 5. The largest absolute Gasteiger partial charge is 0.472 e. The molecule has 0 aromatic carbocycles. The van der Waals surface area contributed by atoms with Crippen LogP contribution >= 0.6 is 11.8 Å². The van der Waals surface area contributed by atoms with Crippen molar-refractivity contribution in [3.63, 3.8) is 0 Å². The van der Waals surface area contributed by atoms with Crippen molar-refractivity contribution in [2.75, 3.05) is 38.7 Å². The van der Waals surface area contributed by atoms with E-state index in [9.17, 15) is 0 Å². The first-order chi connectivity index (χ1) is 10.8. The molecule has 3 fully saturated rings. The molecule has 3 saturated heterocycles. The molecular formula is C17H25NO3S. The Balaban J connectivity index is 1.18. The molecule has 3 aliphatic rings. The second-order valence-corrected chi connectivity index (χ2v) is 8.47. The highest BCUT2D eigenvalue weighted by Crippen LogP contribution is 2.46. The van der Waals surface area contributed by atoms with Crippen molar-refractivity contribution >= 4 is 11.8 Å². The van der Waals surface area contributed by atoms with Crippen LogP contribution in [0.2, 0.25) is 0 Å². The van der Waals surface area contributed by atoms with Gasteiger partial charge in [-0.2, -0.15) is 0 Å². The number of nitrogens with zero attached hydrogens (tertiary/aromatic N) is 1. The van der Waals surface area contributed by atoms with Crippen LogP contribution in [0.3, 0.4) is 0 Å².